The van der Waals surface area contributed by atoms with Crippen LogP contribution in [0.5, 0.6) is 0 Å². The number of halogens is 1. The summed E-state index contributed by atoms with van der Waals surface area (Å²) in [7, 11) is 0. The van der Waals surface area contributed by atoms with Crippen LogP contribution < -0.4 is 10.9 Å². The second kappa shape index (κ2) is 5.69. The van der Waals surface area contributed by atoms with Crippen LogP contribution in [0.25, 0.3) is 21.7 Å². The van der Waals surface area contributed by atoms with Crippen molar-refractivity contribution < 1.29 is 4.42 Å². The van der Waals surface area contributed by atoms with E-state index in [0.29, 0.717) is 16.0 Å². The van der Waals surface area contributed by atoms with Crippen molar-refractivity contribution in [1.29, 1.82) is 0 Å². The van der Waals surface area contributed by atoms with E-state index in [1.165, 1.54) is 0 Å². The molecule has 4 aromatic rings. The van der Waals surface area contributed by atoms with Crippen molar-refractivity contribution in [2.45, 2.75) is 6.92 Å². The molecule has 1 heterocycles. The SMILES string of the molecule is Cc1ccc2oc(=O)c3cc(Nc4ccccc4Cl)ccc3c2c1. The lowest BCUT2D eigenvalue weighted by Crippen LogP contribution is -2.01. The number of para-hydroxylation sites is 1. The number of fused-ring (bicyclic) bond motifs is 3. The molecule has 118 valence electrons. The third-order valence-electron chi connectivity index (χ3n) is 4.02. The summed E-state index contributed by atoms with van der Waals surface area (Å²) >= 11 is 6.18. The summed E-state index contributed by atoms with van der Waals surface area (Å²) in [5, 5.41) is 6.23. The highest BCUT2D eigenvalue weighted by molar-refractivity contribution is 6.33. The number of hydrogen-bond acceptors (Lipinski definition) is 3. The molecule has 0 bridgehead atoms. The van der Waals surface area contributed by atoms with Gasteiger partial charge in [0.2, 0.25) is 0 Å². The van der Waals surface area contributed by atoms with Gasteiger partial charge in [0.1, 0.15) is 5.58 Å². The highest BCUT2D eigenvalue weighted by Crippen LogP contribution is 2.29. The normalized spacial score (nSPS) is 11.1. The van der Waals surface area contributed by atoms with Gasteiger partial charge >= 0.3 is 5.63 Å². The van der Waals surface area contributed by atoms with Gasteiger partial charge in [-0.1, -0.05) is 41.4 Å². The van der Waals surface area contributed by atoms with Crippen LogP contribution in [0.4, 0.5) is 11.4 Å². The zero-order chi connectivity index (χ0) is 16.7. The molecule has 4 heteroatoms. The van der Waals surface area contributed by atoms with E-state index in [-0.39, 0.29) is 5.63 Å². The molecule has 0 amide bonds. The molecule has 0 aliphatic heterocycles. The van der Waals surface area contributed by atoms with Crippen molar-refractivity contribution in [2.24, 2.45) is 0 Å². The third-order valence-corrected chi connectivity index (χ3v) is 4.35. The molecule has 0 atom stereocenters. The minimum absolute atomic E-state index is 0.343. The maximum absolute atomic E-state index is 12.3. The van der Waals surface area contributed by atoms with E-state index in [4.69, 9.17) is 16.0 Å². The summed E-state index contributed by atoms with van der Waals surface area (Å²) in [6, 6.07) is 18.9. The van der Waals surface area contributed by atoms with Crippen molar-refractivity contribution >= 4 is 44.7 Å². The molecule has 24 heavy (non-hydrogen) atoms. The molecule has 0 aliphatic carbocycles. The molecule has 1 N–H and O–H groups in total. The fraction of sp³-hybridized carbons (Fsp3) is 0.0500. The number of rotatable bonds is 2. The molecule has 4 rings (SSSR count). The van der Waals surface area contributed by atoms with Crippen molar-refractivity contribution in [3.05, 3.63) is 81.7 Å². The van der Waals surface area contributed by atoms with Gasteiger partial charge < -0.3 is 9.73 Å². The van der Waals surface area contributed by atoms with Crippen LogP contribution in [-0.2, 0) is 0 Å². The summed E-state index contributed by atoms with van der Waals surface area (Å²) in [5.74, 6) is 0. The van der Waals surface area contributed by atoms with E-state index >= 15 is 0 Å². The Morgan fingerprint density at radius 3 is 2.58 bits per heavy atom. The predicted octanol–water partition coefficient (Wildman–Crippen LogP) is 5.65. The molecular formula is C20H14ClNO2. The first kappa shape index (κ1) is 14.8. The second-order valence-corrected chi connectivity index (χ2v) is 6.16. The van der Waals surface area contributed by atoms with E-state index in [9.17, 15) is 4.79 Å². The molecule has 0 fully saturated rings. The van der Waals surface area contributed by atoms with Gasteiger partial charge in [-0.2, -0.15) is 0 Å². The summed E-state index contributed by atoms with van der Waals surface area (Å²) in [6.07, 6.45) is 0. The first-order valence-corrected chi connectivity index (χ1v) is 7.98. The van der Waals surface area contributed by atoms with Crippen LogP contribution in [0.3, 0.4) is 0 Å². The Morgan fingerprint density at radius 1 is 0.917 bits per heavy atom. The Bertz CT molecular complexity index is 1130. The fourth-order valence-electron chi connectivity index (χ4n) is 2.84. The molecule has 0 aliphatic rings. The van der Waals surface area contributed by atoms with E-state index in [1.807, 2.05) is 61.5 Å². The highest BCUT2D eigenvalue weighted by Gasteiger charge is 2.09. The lowest BCUT2D eigenvalue weighted by molar-refractivity contribution is 0.569. The topological polar surface area (TPSA) is 42.2 Å². The highest BCUT2D eigenvalue weighted by atomic mass is 35.5. The van der Waals surface area contributed by atoms with Crippen molar-refractivity contribution in [3.8, 4) is 0 Å². The van der Waals surface area contributed by atoms with Gasteiger partial charge in [0, 0.05) is 16.5 Å². The number of anilines is 2. The lowest BCUT2D eigenvalue weighted by Gasteiger charge is -2.10. The van der Waals surface area contributed by atoms with Gasteiger partial charge in [-0.25, -0.2) is 4.79 Å². The largest absolute Gasteiger partial charge is 0.422 e. The van der Waals surface area contributed by atoms with Gasteiger partial charge in [0.15, 0.2) is 0 Å². The first-order chi connectivity index (χ1) is 11.6. The first-order valence-electron chi connectivity index (χ1n) is 7.60. The Hall–Kier alpha value is -2.78. The van der Waals surface area contributed by atoms with Gasteiger partial charge in [-0.3, -0.25) is 0 Å². The number of aryl methyl sites for hydroxylation is 1. The fourth-order valence-corrected chi connectivity index (χ4v) is 3.02. The molecular weight excluding hydrogens is 322 g/mol. The standard InChI is InChI=1S/C20H14ClNO2/c1-12-6-9-19-15(10-12)14-8-7-13(11-16(14)20(23)24-19)22-18-5-3-2-4-17(18)21/h2-11,22H,1H3. The van der Waals surface area contributed by atoms with E-state index < -0.39 is 0 Å². The molecule has 0 spiro atoms. The van der Waals surface area contributed by atoms with Gasteiger partial charge in [0.25, 0.3) is 0 Å². The van der Waals surface area contributed by atoms with Gasteiger partial charge in [-0.05, 0) is 43.3 Å². The maximum atomic E-state index is 12.3. The van der Waals surface area contributed by atoms with Crippen molar-refractivity contribution in [1.82, 2.24) is 0 Å². The van der Waals surface area contributed by atoms with E-state index in [0.717, 1.165) is 27.7 Å². The van der Waals surface area contributed by atoms with Crippen LogP contribution in [0.2, 0.25) is 5.02 Å². The van der Waals surface area contributed by atoms with Crippen LogP contribution in [-0.4, -0.2) is 0 Å². The Morgan fingerprint density at radius 2 is 1.75 bits per heavy atom. The van der Waals surface area contributed by atoms with E-state index in [2.05, 4.69) is 5.32 Å². The average Bonchev–Trinajstić information content (AvgIpc) is 2.58. The number of benzene rings is 3. The third kappa shape index (κ3) is 2.53. The summed E-state index contributed by atoms with van der Waals surface area (Å²) < 4.78 is 5.45. The number of hydrogen-bond donors (Lipinski definition) is 1. The molecule has 3 nitrogen and oxygen atoms in total. The molecule has 0 saturated heterocycles. The molecule has 0 saturated carbocycles. The van der Waals surface area contributed by atoms with Gasteiger partial charge in [-0.15, -0.1) is 0 Å². The maximum Gasteiger partial charge on any atom is 0.344 e. The van der Waals surface area contributed by atoms with Crippen LogP contribution in [0.1, 0.15) is 5.56 Å². The summed E-state index contributed by atoms with van der Waals surface area (Å²) in [4.78, 5) is 12.3. The zero-order valence-electron chi connectivity index (χ0n) is 13.0. The van der Waals surface area contributed by atoms with Gasteiger partial charge in [0.05, 0.1) is 16.1 Å². The van der Waals surface area contributed by atoms with Crippen LogP contribution in [0.15, 0.2) is 69.9 Å². The number of nitrogens with one attached hydrogen (secondary N) is 1. The van der Waals surface area contributed by atoms with Crippen molar-refractivity contribution in [2.75, 3.05) is 5.32 Å². The lowest BCUT2D eigenvalue weighted by atomic mass is 10.1. The Balaban J connectivity index is 1.89. The zero-order valence-corrected chi connectivity index (χ0v) is 13.7. The molecule has 0 unspecified atom stereocenters. The van der Waals surface area contributed by atoms with Crippen molar-refractivity contribution in [3.63, 3.8) is 0 Å². The average molecular weight is 336 g/mol. The van der Waals surface area contributed by atoms with Crippen LogP contribution in [0, 0.1) is 6.92 Å². The molecule has 0 radical (unpaired) electrons. The minimum Gasteiger partial charge on any atom is -0.422 e. The Labute approximate surface area is 143 Å². The quantitative estimate of drug-likeness (QED) is 0.380. The summed E-state index contributed by atoms with van der Waals surface area (Å²) in [6.45, 7) is 2.02. The monoisotopic (exact) mass is 335 g/mol. The summed E-state index contributed by atoms with van der Waals surface area (Å²) in [5.41, 5.74) is 2.96. The van der Waals surface area contributed by atoms with E-state index in [1.54, 1.807) is 6.07 Å². The second-order valence-electron chi connectivity index (χ2n) is 5.75. The molecule has 1 aromatic heterocycles. The smallest absolute Gasteiger partial charge is 0.344 e. The minimum atomic E-state index is -0.343. The Kier molecular flexibility index (Phi) is 3.51. The molecule has 3 aromatic carbocycles. The predicted molar refractivity (Wildman–Crippen MR) is 99.5 cm³/mol. The van der Waals surface area contributed by atoms with Crippen LogP contribution >= 0.6 is 11.6 Å².